The molecule has 1 aliphatic heterocycles. The summed E-state index contributed by atoms with van der Waals surface area (Å²) in [5.74, 6) is 1.52. The number of para-hydroxylation sites is 2. The molecule has 0 radical (unpaired) electrons. The second-order valence-corrected chi connectivity index (χ2v) is 12.9. The van der Waals surface area contributed by atoms with Crippen molar-refractivity contribution in [2.75, 3.05) is 38.3 Å². The first-order valence-electron chi connectivity index (χ1n) is 11.2. The number of aryl methyl sites for hydroxylation is 1. The summed E-state index contributed by atoms with van der Waals surface area (Å²) in [5, 5.41) is 2.94. The number of primary amides is 1. The third-order valence-electron chi connectivity index (χ3n) is 6.11. The highest BCUT2D eigenvalue weighted by Gasteiger charge is 2.43. The predicted octanol–water partition coefficient (Wildman–Crippen LogP) is 4.61. The Kier molecular flexibility index (Phi) is 7.78. The topological polar surface area (TPSA) is 91.4 Å². The second-order valence-electron chi connectivity index (χ2n) is 8.18. The fourth-order valence-corrected chi connectivity index (χ4v) is 8.56. The number of anilines is 1. The van der Waals surface area contributed by atoms with E-state index in [1.54, 1.807) is 11.4 Å². The molecular weight excluding hydrogens is 455 g/mol. The molecular formula is C24H31N4O3PS. The van der Waals surface area contributed by atoms with Crippen molar-refractivity contribution in [3.8, 4) is 5.75 Å². The van der Waals surface area contributed by atoms with Crippen LogP contribution in [-0.2, 0) is 16.6 Å². The second kappa shape index (κ2) is 10.8. The van der Waals surface area contributed by atoms with Crippen molar-refractivity contribution in [3.63, 3.8) is 0 Å². The number of nitrogens with one attached hydrogen (secondary N) is 1. The molecule has 2 aromatic carbocycles. The molecule has 1 aliphatic rings. The summed E-state index contributed by atoms with van der Waals surface area (Å²) in [5.41, 5.74) is 7.91. The highest BCUT2D eigenvalue weighted by molar-refractivity contribution is 8.56. The molecule has 4 rings (SSSR count). The highest BCUT2D eigenvalue weighted by atomic mass is 32.7. The number of carbonyl (C=O) groups excluding carboxylic acids is 1. The van der Waals surface area contributed by atoms with Crippen molar-refractivity contribution >= 4 is 41.4 Å². The van der Waals surface area contributed by atoms with Crippen molar-refractivity contribution in [2.45, 2.75) is 29.3 Å². The van der Waals surface area contributed by atoms with Crippen LogP contribution in [0.2, 0.25) is 0 Å². The Hall–Kier alpha value is -2.28. The molecule has 0 saturated carbocycles. The number of aromatic nitrogens is 2. The van der Waals surface area contributed by atoms with Gasteiger partial charge in [-0.15, -0.1) is 0 Å². The molecule has 7 nitrogen and oxygen atoms in total. The van der Waals surface area contributed by atoms with Crippen molar-refractivity contribution < 1.29 is 14.3 Å². The average molecular weight is 487 g/mol. The van der Waals surface area contributed by atoms with Crippen molar-refractivity contribution in [2.24, 2.45) is 12.8 Å². The van der Waals surface area contributed by atoms with Crippen LogP contribution in [0.4, 0.5) is 5.95 Å². The monoisotopic (exact) mass is 486 g/mol. The lowest BCUT2D eigenvalue weighted by Gasteiger charge is -2.38. The third kappa shape index (κ3) is 5.45. The van der Waals surface area contributed by atoms with Gasteiger partial charge in [-0.25, -0.2) is 4.98 Å². The van der Waals surface area contributed by atoms with Gasteiger partial charge in [0.15, 0.2) is 0 Å². The van der Waals surface area contributed by atoms with Gasteiger partial charge in [0.05, 0.1) is 22.8 Å². The van der Waals surface area contributed by atoms with Crippen LogP contribution in [-0.4, -0.2) is 53.6 Å². The van der Waals surface area contributed by atoms with Gasteiger partial charge < -0.3 is 25.1 Å². The largest absolute Gasteiger partial charge is 0.494 e. The minimum absolute atomic E-state index is 0.195. The van der Waals surface area contributed by atoms with E-state index in [1.807, 2.05) is 37.4 Å². The quantitative estimate of drug-likeness (QED) is 0.321. The Morgan fingerprint density at radius 3 is 2.67 bits per heavy atom. The number of benzene rings is 2. The van der Waals surface area contributed by atoms with Crippen LogP contribution in [0.5, 0.6) is 5.75 Å². The molecule has 1 amide bonds. The van der Waals surface area contributed by atoms with Gasteiger partial charge in [0.25, 0.3) is 0 Å². The third-order valence-corrected chi connectivity index (χ3v) is 11.2. The number of amides is 1. The molecule has 1 atom stereocenters. The maximum Gasteiger partial charge on any atom is 0.228 e. The van der Waals surface area contributed by atoms with E-state index in [0.717, 1.165) is 40.6 Å². The summed E-state index contributed by atoms with van der Waals surface area (Å²) < 4.78 is 13.4. The van der Waals surface area contributed by atoms with Gasteiger partial charge in [-0.2, -0.15) is 0 Å². The van der Waals surface area contributed by atoms with E-state index in [2.05, 4.69) is 39.7 Å². The van der Waals surface area contributed by atoms with Crippen LogP contribution in [0.3, 0.4) is 0 Å². The molecule has 0 aliphatic carbocycles. The number of nitrogens with zero attached hydrogens (tertiary/aromatic N) is 2. The standard InChI is InChI=1S/C24H31N4O3PS/c1-28-21-7-4-3-6-20(21)27-23(28)26-14-5-15-31-18-8-10-19(11-9-18)33-32(2)24(22(25)29)12-16-30-17-13-24/h3-4,6-11H,5,12-17H2,1-2H3,(H2,25,29)(H,26,27). The van der Waals surface area contributed by atoms with Crippen LogP contribution in [0.25, 0.3) is 11.0 Å². The normalized spacial score (nSPS) is 16.4. The van der Waals surface area contributed by atoms with Gasteiger partial charge >= 0.3 is 0 Å². The Morgan fingerprint density at radius 1 is 1.24 bits per heavy atom. The smallest absolute Gasteiger partial charge is 0.228 e. The summed E-state index contributed by atoms with van der Waals surface area (Å²) in [6.45, 7) is 4.76. The molecule has 3 aromatic rings. The summed E-state index contributed by atoms with van der Waals surface area (Å²) >= 11 is 1.75. The van der Waals surface area contributed by atoms with Gasteiger partial charge in [-0.05, 0) is 69.4 Å². The van der Waals surface area contributed by atoms with Crippen molar-refractivity contribution in [1.29, 1.82) is 0 Å². The maximum absolute atomic E-state index is 12.2. The first-order valence-corrected chi connectivity index (χ1v) is 14.4. The van der Waals surface area contributed by atoms with Gasteiger partial charge in [0, 0.05) is 31.7 Å². The van der Waals surface area contributed by atoms with E-state index in [-0.39, 0.29) is 5.91 Å². The number of rotatable bonds is 10. The van der Waals surface area contributed by atoms with E-state index in [4.69, 9.17) is 15.2 Å². The Balaban J connectivity index is 1.23. The molecule has 3 N–H and O–H groups in total. The molecule has 1 saturated heterocycles. The number of nitrogens with two attached hydrogens (primary N) is 1. The summed E-state index contributed by atoms with van der Waals surface area (Å²) in [4.78, 5) is 18.0. The van der Waals surface area contributed by atoms with E-state index in [1.165, 1.54) is 0 Å². The van der Waals surface area contributed by atoms with E-state index in [0.29, 0.717) is 32.7 Å². The first kappa shape index (κ1) is 23.9. The number of fused-ring (bicyclic) bond motifs is 1. The van der Waals surface area contributed by atoms with E-state index in [9.17, 15) is 4.79 Å². The lowest BCUT2D eigenvalue weighted by atomic mass is 9.98. The molecule has 9 heteroatoms. The van der Waals surface area contributed by atoms with Crippen molar-refractivity contribution in [3.05, 3.63) is 48.5 Å². The molecule has 33 heavy (non-hydrogen) atoms. The molecule has 1 aromatic heterocycles. The molecule has 1 fully saturated rings. The minimum atomic E-state index is -0.652. The fraction of sp³-hybridized carbons (Fsp3) is 0.417. The average Bonchev–Trinajstić information content (AvgIpc) is 3.15. The number of imidazole rings is 1. The fourth-order valence-electron chi connectivity index (χ4n) is 4.03. The lowest BCUT2D eigenvalue weighted by molar-refractivity contribution is -0.122. The van der Waals surface area contributed by atoms with Gasteiger partial charge in [-0.1, -0.05) is 23.5 Å². The molecule has 176 valence electrons. The maximum atomic E-state index is 12.2. The van der Waals surface area contributed by atoms with E-state index < -0.39 is 12.3 Å². The van der Waals surface area contributed by atoms with Crippen LogP contribution in [0.15, 0.2) is 53.4 Å². The molecule has 0 spiro atoms. The Bertz CT molecular complexity index is 1080. The molecule has 0 bridgehead atoms. The predicted molar refractivity (Wildman–Crippen MR) is 136 cm³/mol. The lowest BCUT2D eigenvalue weighted by Crippen LogP contribution is -2.45. The number of hydrogen-bond acceptors (Lipinski definition) is 6. The SMILES string of the molecule is Cn1c(NCCCOc2ccc(SP(C)C3(C(N)=O)CCOCC3)cc2)nc2ccccc21. The van der Waals surface area contributed by atoms with Crippen LogP contribution < -0.4 is 15.8 Å². The minimum Gasteiger partial charge on any atom is -0.494 e. The molecule has 2 heterocycles. The highest BCUT2D eigenvalue weighted by Crippen LogP contribution is 2.63. The van der Waals surface area contributed by atoms with Crippen LogP contribution >= 0.6 is 18.5 Å². The Morgan fingerprint density at radius 2 is 1.97 bits per heavy atom. The summed E-state index contributed by atoms with van der Waals surface area (Å²) in [6.07, 6.45) is 2.28. The van der Waals surface area contributed by atoms with Gasteiger partial charge in [0.1, 0.15) is 5.75 Å². The number of hydrogen-bond donors (Lipinski definition) is 2. The van der Waals surface area contributed by atoms with Gasteiger partial charge in [0.2, 0.25) is 11.9 Å². The van der Waals surface area contributed by atoms with Crippen LogP contribution in [0, 0.1) is 0 Å². The zero-order valence-corrected chi connectivity index (χ0v) is 20.8. The summed E-state index contributed by atoms with van der Waals surface area (Å²) in [7, 11) is 1.37. The first-order chi connectivity index (χ1) is 16.0. The van der Waals surface area contributed by atoms with Crippen molar-refractivity contribution in [1.82, 2.24) is 9.55 Å². The van der Waals surface area contributed by atoms with Crippen LogP contribution in [0.1, 0.15) is 19.3 Å². The number of carbonyl (C=O) groups is 1. The number of ether oxygens (including phenoxy) is 2. The zero-order chi connectivity index (χ0) is 23.3. The summed E-state index contributed by atoms with van der Waals surface area (Å²) in [6, 6.07) is 16.2. The molecule has 1 unspecified atom stereocenters. The van der Waals surface area contributed by atoms with E-state index >= 15 is 0 Å². The van der Waals surface area contributed by atoms with Gasteiger partial charge in [-0.3, -0.25) is 4.79 Å². The Labute approximate surface area is 199 Å². The zero-order valence-electron chi connectivity index (χ0n) is 19.1.